The van der Waals surface area contributed by atoms with Crippen molar-refractivity contribution in [3.63, 3.8) is 0 Å². The smallest absolute Gasteiger partial charge is 0.306 e. The van der Waals surface area contributed by atoms with Gasteiger partial charge < -0.3 is 20.7 Å². The van der Waals surface area contributed by atoms with Crippen molar-refractivity contribution in [2.45, 2.75) is 212 Å². The summed E-state index contributed by atoms with van der Waals surface area (Å²) in [7, 11) is 0. The SMILES string of the molecule is CCCCCCCCCCCCCCC(CCCO)(OC(=O)CCCCCCCCCCCCCCCCCO)C(N)=O. The maximum atomic E-state index is 12.7. The van der Waals surface area contributed by atoms with E-state index in [9.17, 15) is 14.7 Å². The number of unbranched alkanes of at least 4 members (excludes halogenated alkanes) is 25. The molecule has 0 aromatic rings. The average molecular weight is 612 g/mol. The van der Waals surface area contributed by atoms with Crippen molar-refractivity contribution < 1.29 is 24.5 Å². The Morgan fingerprint density at radius 1 is 0.488 bits per heavy atom. The average Bonchev–Trinajstić information content (AvgIpc) is 2.99. The first-order chi connectivity index (χ1) is 21.0. The van der Waals surface area contributed by atoms with Crippen molar-refractivity contribution >= 4 is 11.9 Å². The van der Waals surface area contributed by atoms with Gasteiger partial charge in [-0.3, -0.25) is 9.59 Å². The molecule has 0 aromatic heterocycles. The topological polar surface area (TPSA) is 110 Å². The first-order valence-electron chi connectivity index (χ1n) is 18.8. The molecule has 1 atom stereocenters. The Morgan fingerprint density at radius 2 is 0.814 bits per heavy atom. The number of nitrogens with two attached hydrogens (primary N) is 1. The van der Waals surface area contributed by atoms with Crippen molar-refractivity contribution in [1.82, 2.24) is 0 Å². The number of carbonyl (C=O) groups is 2. The van der Waals surface area contributed by atoms with E-state index in [0.29, 0.717) is 32.3 Å². The maximum absolute atomic E-state index is 12.7. The van der Waals surface area contributed by atoms with Crippen LogP contribution in [0.4, 0.5) is 0 Å². The molecule has 0 rings (SSSR count). The molecule has 0 aliphatic rings. The van der Waals surface area contributed by atoms with Crippen molar-refractivity contribution in [1.29, 1.82) is 0 Å². The number of primary amides is 1. The summed E-state index contributed by atoms with van der Waals surface area (Å²) in [6.45, 7) is 2.54. The van der Waals surface area contributed by atoms with Crippen LogP contribution in [0.3, 0.4) is 0 Å². The van der Waals surface area contributed by atoms with Gasteiger partial charge in [0.15, 0.2) is 5.60 Å². The lowest BCUT2D eigenvalue weighted by Gasteiger charge is -2.30. The summed E-state index contributed by atoms with van der Waals surface area (Å²) in [6, 6.07) is 0. The zero-order valence-corrected chi connectivity index (χ0v) is 28.5. The van der Waals surface area contributed by atoms with Crippen LogP contribution in [0, 0.1) is 0 Å². The third-order valence-corrected chi connectivity index (χ3v) is 8.97. The van der Waals surface area contributed by atoms with Gasteiger partial charge in [-0.15, -0.1) is 0 Å². The Kier molecular flexibility index (Phi) is 31.4. The van der Waals surface area contributed by atoms with E-state index < -0.39 is 11.5 Å². The summed E-state index contributed by atoms with van der Waals surface area (Å²) in [6.07, 6.45) is 34.3. The molecule has 6 heteroatoms. The quantitative estimate of drug-likeness (QED) is 0.0488. The minimum absolute atomic E-state index is 0.0445. The molecule has 0 bridgehead atoms. The summed E-state index contributed by atoms with van der Waals surface area (Å²) in [4.78, 5) is 25.2. The van der Waals surface area contributed by atoms with Gasteiger partial charge in [-0.25, -0.2) is 0 Å². The van der Waals surface area contributed by atoms with Crippen molar-refractivity contribution in [3.8, 4) is 0 Å². The van der Waals surface area contributed by atoms with Crippen molar-refractivity contribution in [2.24, 2.45) is 5.73 Å². The number of hydrogen-bond acceptors (Lipinski definition) is 5. The zero-order valence-electron chi connectivity index (χ0n) is 28.5. The highest BCUT2D eigenvalue weighted by atomic mass is 16.6. The van der Waals surface area contributed by atoms with Gasteiger partial charge in [0.1, 0.15) is 0 Å². The molecular weight excluding hydrogens is 538 g/mol. The number of carbonyl (C=O) groups excluding carboxylic acids is 2. The third kappa shape index (κ3) is 26.9. The van der Waals surface area contributed by atoms with Crippen LogP contribution in [0.1, 0.15) is 206 Å². The molecule has 0 radical (unpaired) electrons. The lowest BCUT2D eigenvalue weighted by Crippen LogP contribution is -2.48. The van der Waals surface area contributed by atoms with Crippen LogP contribution >= 0.6 is 0 Å². The molecule has 0 aliphatic carbocycles. The minimum atomic E-state index is -1.28. The predicted molar refractivity (Wildman–Crippen MR) is 181 cm³/mol. The summed E-state index contributed by atoms with van der Waals surface area (Å²) < 4.78 is 5.79. The molecule has 1 unspecified atom stereocenters. The molecule has 1 amide bonds. The minimum Gasteiger partial charge on any atom is -0.449 e. The predicted octanol–water partition coefficient (Wildman–Crippen LogP) is 9.85. The van der Waals surface area contributed by atoms with Gasteiger partial charge in [-0.05, 0) is 38.5 Å². The fourth-order valence-corrected chi connectivity index (χ4v) is 6.09. The molecule has 0 heterocycles. The van der Waals surface area contributed by atoms with E-state index in [4.69, 9.17) is 15.6 Å². The van der Waals surface area contributed by atoms with E-state index in [0.717, 1.165) is 51.4 Å². The van der Waals surface area contributed by atoms with E-state index in [1.165, 1.54) is 122 Å². The molecule has 6 nitrogen and oxygen atoms in total. The second-order valence-electron chi connectivity index (χ2n) is 13.1. The maximum Gasteiger partial charge on any atom is 0.306 e. The highest BCUT2D eigenvalue weighted by Gasteiger charge is 2.39. The van der Waals surface area contributed by atoms with Crippen LogP contribution in [-0.4, -0.2) is 40.9 Å². The molecule has 4 N–H and O–H groups in total. The normalized spacial score (nSPS) is 12.8. The van der Waals surface area contributed by atoms with E-state index in [1.807, 2.05) is 0 Å². The third-order valence-electron chi connectivity index (χ3n) is 8.97. The lowest BCUT2D eigenvalue weighted by atomic mass is 9.89. The zero-order chi connectivity index (χ0) is 31.7. The molecule has 0 aliphatic heterocycles. The second-order valence-corrected chi connectivity index (χ2v) is 13.1. The van der Waals surface area contributed by atoms with Crippen LogP contribution in [0.15, 0.2) is 0 Å². The van der Waals surface area contributed by atoms with Crippen LogP contribution in [0.2, 0.25) is 0 Å². The molecule has 43 heavy (non-hydrogen) atoms. The molecule has 0 saturated heterocycles. The summed E-state index contributed by atoms with van der Waals surface area (Å²) in [5.41, 5.74) is 4.51. The Hall–Kier alpha value is -1.14. The summed E-state index contributed by atoms with van der Waals surface area (Å²) >= 11 is 0. The van der Waals surface area contributed by atoms with Crippen LogP contribution in [0.5, 0.6) is 0 Å². The molecule has 0 saturated carbocycles. The van der Waals surface area contributed by atoms with Gasteiger partial charge in [-0.2, -0.15) is 0 Å². The first kappa shape index (κ1) is 41.9. The molecular formula is C37H73NO5. The fraction of sp³-hybridized carbons (Fsp3) is 0.946. The van der Waals surface area contributed by atoms with Gasteiger partial charge in [0.05, 0.1) is 0 Å². The molecule has 256 valence electrons. The highest BCUT2D eigenvalue weighted by molar-refractivity contribution is 5.86. The Bertz CT molecular complexity index is 614. The first-order valence-corrected chi connectivity index (χ1v) is 18.8. The Labute approximate surface area is 266 Å². The van der Waals surface area contributed by atoms with Crippen LogP contribution in [-0.2, 0) is 14.3 Å². The van der Waals surface area contributed by atoms with Crippen molar-refractivity contribution in [3.05, 3.63) is 0 Å². The van der Waals surface area contributed by atoms with Gasteiger partial charge in [0, 0.05) is 19.6 Å². The molecule has 0 fully saturated rings. The fourth-order valence-electron chi connectivity index (χ4n) is 6.09. The number of aliphatic hydroxyl groups is 2. The summed E-state index contributed by atoms with van der Waals surface area (Å²) in [5.74, 6) is -0.903. The number of rotatable bonds is 35. The standard InChI is InChI=1S/C37H73NO5/c1-2-3-4-5-6-7-8-15-18-21-24-27-31-37(36(38)42,32-29-34-40)43-35(41)30-26-23-20-17-14-12-10-9-11-13-16-19-22-25-28-33-39/h39-40H,2-34H2,1H3,(H2,38,42). The molecule has 0 spiro atoms. The molecule has 0 aromatic carbocycles. The number of amides is 1. The van der Waals surface area contributed by atoms with Gasteiger partial charge in [-0.1, -0.05) is 161 Å². The van der Waals surface area contributed by atoms with E-state index >= 15 is 0 Å². The van der Waals surface area contributed by atoms with E-state index in [-0.39, 0.29) is 12.6 Å². The number of ether oxygens (including phenoxy) is 1. The second kappa shape index (κ2) is 32.3. The Morgan fingerprint density at radius 3 is 1.19 bits per heavy atom. The Balaban J connectivity index is 4.00. The lowest BCUT2D eigenvalue weighted by molar-refractivity contribution is -0.169. The number of hydrogen-bond donors (Lipinski definition) is 3. The highest BCUT2D eigenvalue weighted by Crippen LogP contribution is 2.27. The van der Waals surface area contributed by atoms with Crippen molar-refractivity contribution in [2.75, 3.05) is 13.2 Å². The largest absolute Gasteiger partial charge is 0.449 e. The monoisotopic (exact) mass is 612 g/mol. The van der Waals surface area contributed by atoms with Gasteiger partial charge >= 0.3 is 5.97 Å². The number of aliphatic hydroxyl groups excluding tert-OH is 2. The van der Waals surface area contributed by atoms with Crippen LogP contribution in [0.25, 0.3) is 0 Å². The van der Waals surface area contributed by atoms with E-state index in [1.54, 1.807) is 0 Å². The van der Waals surface area contributed by atoms with Gasteiger partial charge in [0.25, 0.3) is 5.91 Å². The number of esters is 1. The summed E-state index contributed by atoms with van der Waals surface area (Å²) in [5, 5.41) is 18.2. The van der Waals surface area contributed by atoms with Crippen LogP contribution < -0.4 is 5.73 Å². The van der Waals surface area contributed by atoms with E-state index in [2.05, 4.69) is 6.92 Å². The van der Waals surface area contributed by atoms with Gasteiger partial charge in [0.2, 0.25) is 0 Å².